The van der Waals surface area contributed by atoms with Gasteiger partial charge >= 0.3 is 0 Å². The van der Waals surface area contributed by atoms with Crippen molar-refractivity contribution < 1.29 is 4.79 Å². The van der Waals surface area contributed by atoms with Crippen LogP contribution >= 0.6 is 23.7 Å². The number of rotatable bonds is 4. The molecule has 1 aliphatic heterocycles. The normalized spacial score (nSPS) is 15.7. The van der Waals surface area contributed by atoms with Gasteiger partial charge in [0.05, 0.1) is 5.41 Å². The van der Waals surface area contributed by atoms with E-state index >= 15 is 0 Å². The SMILES string of the molecule is CC(C)(C(=O)N1CCN(Cc2cnc(N)s2)CC1)c1ccccc1.Cl. The lowest BCUT2D eigenvalue weighted by atomic mass is 9.83. The molecule has 0 radical (unpaired) electrons. The van der Waals surface area contributed by atoms with Gasteiger partial charge in [0, 0.05) is 43.8 Å². The maximum Gasteiger partial charge on any atom is 0.232 e. The number of hydrogen-bond donors (Lipinski definition) is 1. The van der Waals surface area contributed by atoms with Crippen molar-refractivity contribution >= 4 is 34.8 Å². The highest BCUT2D eigenvalue weighted by Crippen LogP contribution is 2.26. The number of benzene rings is 1. The van der Waals surface area contributed by atoms with Crippen LogP contribution in [0.2, 0.25) is 0 Å². The van der Waals surface area contributed by atoms with Gasteiger partial charge in [0.2, 0.25) is 5.91 Å². The van der Waals surface area contributed by atoms with Crippen LogP contribution in [0.25, 0.3) is 0 Å². The van der Waals surface area contributed by atoms with E-state index < -0.39 is 5.41 Å². The molecule has 136 valence electrons. The number of thiazole rings is 1. The largest absolute Gasteiger partial charge is 0.375 e. The zero-order chi connectivity index (χ0) is 17.2. The van der Waals surface area contributed by atoms with Crippen molar-refractivity contribution in [2.45, 2.75) is 25.8 Å². The minimum absolute atomic E-state index is 0. The first kappa shape index (κ1) is 19.7. The summed E-state index contributed by atoms with van der Waals surface area (Å²) in [6.07, 6.45) is 1.84. The number of nitrogens with two attached hydrogens (primary N) is 1. The molecule has 0 atom stereocenters. The molecule has 2 aromatic rings. The molecule has 0 bridgehead atoms. The molecule has 25 heavy (non-hydrogen) atoms. The van der Waals surface area contributed by atoms with Gasteiger partial charge in [-0.15, -0.1) is 23.7 Å². The number of anilines is 1. The molecule has 7 heteroatoms. The monoisotopic (exact) mass is 380 g/mol. The average molecular weight is 381 g/mol. The Morgan fingerprint density at radius 2 is 1.84 bits per heavy atom. The first-order valence-corrected chi connectivity index (χ1v) is 9.06. The lowest BCUT2D eigenvalue weighted by Gasteiger charge is -2.38. The van der Waals surface area contributed by atoms with Crippen molar-refractivity contribution in [3.8, 4) is 0 Å². The lowest BCUT2D eigenvalue weighted by molar-refractivity contribution is -0.138. The molecule has 1 aromatic heterocycles. The molecular weight excluding hydrogens is 356 g/mol. The Morgan fingerprint density at radius 1 is 1.20 bits per heavy atom. The first-order chi connectivity index (χ1) is 11.5. The fraction of sp³-hybridized carbons (Fsp3) is 0.444. The molecule has 1 fully saturated rings. The topological polar surface area (TPSA) is 62.5 Å². The highest BCUT2D eigenvalue weighted by Gasteiger charge is 2.35. The van der Waals surface area contributed by atoms with Crippen LogP contribution in [0.4, 0.5) is 5.13 Å². The second kappa shape index (κ2) is 8.17. The molecule has 1 aromatic carbocycles. The van der Waals surface area contributed by atoms with E-state index in [0.717, 1.165) is 38.3 Å². The van der Waals surface area contributed by atoms with E-state index in [2.05, 4.69) is 9.88 Å². The molecular formula is C18H25ClN4OS. The maximum atomic E-state index is 13.0. The molecule has 0 unspecified atom stereocenters. The second-order valence-corrected chi connectivity index (χ2v) is 7.87. The van der Waals surface area contributed by atoms with Crippen LogP contribution in [-0.2, 0) is 16.8 Å². The van der Waals surface area contributed by atoms with E-state index in [0.29, 0.717) is 5.13 Å². The summed E-state index contributed by atoms with van der Waals surface area (Å²) in [5.41, 5.74) is 6.26. The number of hydrogen-bond acceptors (Lipinski definition) is 5. The van der Waals surface area contributed by atoms with Crippen molar-refractivity contribution in [2.24, 2.45) is 0 Å². The zero-order valence-corrected chi connectivity index (χ0v) is 16.3. The smallest absolute Gasteiger partial charge is 0.232 e. The molecule has 0 aliphatic carbocycles. The molecule has 3 rings (SSSR count). The van der Waals surface area contributed by atoms with Gasteiger partial charge in [0.15, 0.2) is 5.13 Å². The Hall–Kier alpha value is -1.63. The summed E-state index contributed by atoms with van der Waals surface area (Å²) in [4.78, 5) is 22.6. The third-order valence-electron chi connectivity index (χ3n) is 4.64. The van der Waals surface area contributed by atoms with E-state index in [1.54, 1.807) is 0 Å². The predicted octanol–water partition coefficient (Wildman–Crippen LogP) is 2.77. The first-order valence-electron chi connectivity index (χ1n) is 8.24. The van der Waals surface area contributed by atoms with Gasteiger partial charge in [0.25, 0.3) is 0 Å². The third-order valence-corrected chi connectivity index (χ3v) is 5.45. The molecule has 1 saturated heterocycles. The summed E-state index contributed by atoms with van der Waals surface area (Å²) in [5, 5.41) is 0.614. The predicted molar refractivity (Wildman–Crippen MR) is 105 cm³/mol. The number of carbonyl (C=O) groups excluding carboxylic acids is 1. The summed E-state index contributed by atoms with van der Waals surface area (Å²) in [5.74, 6) is 0.204. The Kier molecular flexibility index (Phi) is 6.43. The van der Waals surface area contributed by atoms with Gasteiger partial charge in [0.1, 0.15) is 0 Å². The standard InChI is InChI=1S/C18H24N4OS.ClH/c1-18(2,14-6-4-3-5-7-14)16(23)22-10-8-21(9-11-22)13-15-12-20-17(19)24-15;/h3-7,12H,8-11,13H2,1-2H3,(H2,19,20);1H. The van der Waals surface area contributed by atoms with Gasteiger partial charge in [-0.2, -0.15) is 0 Å². The van der Waals surface area contributed by atoms with Gasteiger partial charge in [-0.3, -0.25) is 9.69 Å². The molecule has 0 saturated carbocycles. The minimum Gasteiger partial charge on any atom is -0.375 e. The fourth-order valence-electron chi connectivity index (χ4n) is 3.10. The number of aromatic nitrogens is 1. The molecule has 2 N–H and O–H groups in total. The molecule has 0 spiro atoms. The van der Waals surface area contributed by atoms with E-state index in [9.17, 15) is 4.79 Å². The van der Waals surface area contributed by atoms with Gasteiger partial charge < -0.3 is 10.6 Å². The summed E-state index contributed by atoms with van der Waals surface area (Å²) in [7, 11) is 0. The van der Waals surface area contributed by atoms with Gasteiger partial charge in [-0.25, -0.2) is 4.98 Å². The number of carbonyl (C=O) groups is 1. The molecule has 5 nitrogen and oxygen atoms in total. The second-order valence-electron chi connectivity index (χ2n) is 6.72. The summed E-state index contributed by atoms with van der Waals surface area (Å²) < 4.78 is 0. The quantitative estimate of drug-likeness (QED) is 0.885. The van der Waals surface area contributed by atoms with E-state index in [1.165, 1.54) is 16.2 Å². The van der Waals surface area contributed by atoms with Crippen molar-refractivity contribution in [3.63, 3.8) is 0 Å². The van der Waals surface area contributed by atoms with Gasteiger partial charge in [-0.05, 0) is 19.4 Å². The number of piperazine rings is 1. The molecule has 1 amide bonds. The van der Waals surface area contributed by atoms with E-state index in [-0.39, 0.29) is 18.3 Å². The van der Waals surface area contributed by atoms with Gasteiger partial charge in [-0.1, -0.05) is 30.3 Å². The van der Waals surface area contributed by atoms with Crippen LogP contribution in [0.15, 0.2) is 36.5 Å². The van der Waals surface area contributed by atoms with Crippen LogP contribution in [0.3, 0.4) is 0 Å². The highest BCUT2D eigenvalue weighted by molar-refractivity contribution is 7.15. The summed E-state index contributed by atoms with van der Waals surface area (Å²) >= 11 is 1.53. The van der Waals surface area contributed by atoms with E-state index in [4.69, 9.17) is 5.73 Å². The number of nitrogen functional groups attached to an aromatic ring is 1. The van der Waals surface area contributed by atoms with Crippen molar-refractivity contribution in [3.05, 3.63) is 47.0 Å². The van der Waals surface area contributed by atoms with Crippen LogP contribution in [0.5, 0.6) is 0 Å². The van der Waals surface area contributed by atoms with Crippen LogP contribution < -0.4 is 5.73 Å². The molecule has 2 heterocycles. The number of halogens is 1. The maximum absolute atomic E-state index is 13.0. The van der Waals surface area contributed by atoms with E-state index in [1.807, 2.05) is 55.3 Å². The summed E-state index contributed by atoms with van der Waals surface area (Å²) in [6, 6.07) is 10.0. The number of amides is 1. The number of nitrogens with zero attached hydrogens (tertiary/aromatic N) is 3. The van der Waals surface area contributed by atoms with Crippen molar-refractivity contribution in [1.82, 2.24) is 14.8 Å². The Morgan fingerprint density at radius 3 is 2.40 bits per heavy atom. The minimum atomic E-state index is -0.491. The van der Waals surface area contributed by atoms with Crippen molar-refractivity contribution in [2.75, 3.05) is 31.9 Å². The Balaban J connectivity index is 0.00000225. The third kappa shape index (κ3) is 4.51. The molecule has 1 aliphatic rings. The Bertz CT molecular complexity index is 696. The Labute approximate surface area is 159 Å². The zero-order valence-electron chi connectivity index (χ0n) is 14.6. The summed E-state index contributed by atoms with van der Waals surface area (Å²) in [6.45, 7) is 8.18. The highest BCUT2D eigenvalue weighted by atomic mass is 35.5. The van der Waals surface area contributed by atoms with Crippen LogP contribution in [0.1, 0.15) is 24.3 Å². The van der Waals surface area contributed by atoms with Crippen LogP contribution in [0, 0.1) is 0 Å². The van der Waals surface area contributed by atoms with Crippen LogP contribution in [-0.4, -0.2) is 46.9 Å². The fourth-order valence-corrected chi connectivity index (χ4v) is 3.83. The van der Waals surface area contributed by atoms with Crippen molar-refractivity contribution in [1.29, 1.82) is 0 Å². The lowest BCUT2D eigenvalue weighted by Crippen LogP contribution is -2.52. The average Bonchev–Trinajstić information content (AvgIpc) is 3.00.